The number of nitrogens with zero attached hydrogens (tertiary/aromatic N) is 5. The van der Waals surface area contributed by atoms with Crippen molar-refractivity contribution in [3.63, 3.8) is 0 Å². The number of hydrogen-bond donors (Lipinski definition) is 0. The van der Waals surface area contributed by atoms with Crippen LogP contribution in [0.3, 0.4) is 0 Å². The van der Waals surface area contributed by atoms with Crippen LogP contribution in [-0.2, 0) is 0 Å². The molecule has 6 heteroatoms. The molecule has 0 saturated heterocycles. The first-order valence-electron chi connectivity index (χ1n) is 19.6. The molecule has 0 aliphatic rings. The molecule has 0 N–H and O–H groups in total. The summed E-state index contributed by atoms with van der Waals surface area (Å²) in [4.78, 5) is 26.1. The second-order valence-electron chi connectivity index (χ2n) is 14.5. The van der Waals surface area contributed by atoms with Crippen LogP contribution in [0.15, 0.2) is 200 Å². The van der Waals surface area contributed by atoms with Crippen molar-refractivity contribution < 1.29 is 0 Å². The Balaban J connectivity index is 1.17. The molecule has 3 aromatic heterocycles. The predicted molar refractivity (Wildman–Crippen MR) is 244 cm³/mol. The van der Waals surface area contributed by atoms with Gasteiger partial charge in [-0.1, -0.05) is 164 Å². The molecule has 0 saturated carbocycles. The van der Waals surface area contributed by atoms with Gasteiger partial charge in [-0.3, -0.25) is 0 Å². The minimum Gasteiger partial charge on any atom is -0.226 e. The van der Waals surface area contributed by atoms with Gasteiger partial charge in [0.05, 0.1) is 15.9 Å². The smallest absolute Gasteiger partial charge is 0.164 e. The van der Waals surface area contributed by atoms with Gasteiger partial charge < -0.3 is 0 Å². The average Bonchev–Trinajstić information content (AvgIpc) is 3.70. The number of rotatable bonds is 7. The zero-order valence-electron chi connectivity index (χ0n) is 31.7. The van der Waals surface area contributed by atoms with E-state index >= 15 is 0 Å². The highest BCUT2D eigenvalue weighted by Crippen LogP contribution is 2.41. The first-order chi connectivity index (χ1) is 29.2. The maximum atomic E-state index is 5.47. The van der Waals surface area contributed by atoms with Crippen LogP contribution < -0.4 is 0 Å². The van der Waals surface area contributed by atoms with Gasteiger partial charge in [-0.05, 0) is 69.4 Å². The molecule has 0 amide bonds. The van der Waals surface area contributed by atoms with Crippen LogP contribution in [0.1, 0.15) is 0 Å². The van der Waals surface area contributed by atoms with Crippen molar-refractivity contribution in [3.8, 4) is 79.1 Å². The lowest BCUT2D eigenvalue weighted by Gasteiger charge is -2.13. The van der Waals surface area contributed by atoms with Gasteiger partial charge in [0.15, 0.2) is 23.3 Å². The first-order valence-corrected chi connectivity index (χ1v) is 20.4. The van der Waals surface area contributed by atoms with Crippen molar-refractivity contribution in [1.29, 1.82) is 0 Å². The van der Waals surface area contributed by atoms with Crippen LogP contribution in [-0.4, -0.2) is 24.9 Å². The van der Waals surface area contributed by atoms with Crippen molar-refractivity contribution in [2.75, 3.05) is 0 Å². The van der Waals surface area contributed by atoms with Crippen LogP contribution in [0.2, 0.25) is 0 Å². The van der Waals surface area contributed by atoms with E-state index in [0.717, 1.165) is 76.8 Å². The fraction of sp³-hybridized carbons (Fsp3) is 0. The summed E-state index contributed by atoms with van der Waals surface area (Å²) in [7, 11) is 0. The average molecular weight is 772 g/mol. The molecule has 0 spiro atoms. The Morgan fingerprint density at radius 1 is 0.288 bits per heavy atom. The number of hydrogen-bond acceptors (Lipinski definition) is 6. The van der Waals surface area contributed by atoms with E-state index in [1.807, 2.05) is 66.7 Å². The van der Waals surface area contributed by atoms with Crippen LogP contribution in [0.4, 0.5) is 0 Å². The SMILES string of the molecule is c1ccc(-c2cccc(-c3nc(-c4cc(-c5ccc6ccccc6c5)cc(-c5nc(-c6ccccc6)nc(-c6ccccc6)n5)c4)nc4c3sc3ccccc34)c2)cc1. The van der Waals surface area contributed by atoms with E-state index in [9.17, 15) is 0 Å². The largest absolute Gasteiger partial charge is 0.226 e. The highest BCUT2D eigenvalue weighted by atomic mass is 32.1. The Kier molecular flexibility index (Phi) is 8.60. The van der Waals surface area contributed by atoms with Gasteiger partial charge in [0.1, 0.15) is 0 Å². The number of benzene rings is 8. The molecule has 0 aliphatic heterocycles. The van der Waals surface area contributed by atoms with Crippen LogP contribution in [0.5, 0.6) is 0 Å². The van der Waals surface area contributed by atoms with E-state index in [2.05, 4.69) is 133 Å². The quantitative estimate of drug-likeness (QED) is 0.161. The summed E-state index contributed by atoms with van der Waals surface area (Å²) >= 11 is 1.74. The third-order valence-corrected chi connectivity index (χ3v) is 11.9. The minimum absolute atomic E-state index is 0.569. The van der Waals surface area contributed by atoms with Gasteiger partial charge in [-0.25, -0.2) is 24.9 Å². The number of aromatic nitrogens is 5. The van der Waals surface area contributed by atoms with E-state index in [0.29, 0.717) is 23.3 Å². The minimum atomic E-state index is 0.569. The predicted octanol–water partition coefficient (Wildman–Crippen LogP) is 13.9. The van der Waals surface area contributed by atoms with Crippen molar-refractivity contribution in [2.24, 2.45) is 0 Å². The Bertz CT molecular complexity index is 3270. The summed E-state index contributed by atoms with van der Waals surface area (Å²) in [5.74, 6) is 2.41. The summed E-state index contributed by atoms with van der Waals surface area (Å²) in [5.41, 5.74) is 10.8. The zero-order chi connectivity index (χ0) is 39.1. The van der Waals surface area contributed by atoms with Crippen molar-refractivity contribution in [3.05, 3.63) is 200 Å². The van der Waals surface area contributed by atoms with Gasteiger partial charge >= 0.3 is 0 Å². The molecule has 0 aliphatic carbocycles. The molecule has 11 aromatic rings. The van der Waals surface area contributed by atoms with Crippen molar-refractivity contribution in [2.45, 2.75) is 0 Å². The first kappa shape index (κ1) is 34.6. The van der Waals surface area contributed by atoms with E-state index in [4.69, 9.17) is 24.9 Å². The molecule has 276 valence electrons. The van der Waals surface area contributed by atoms with Crippen LogP contribution in [0, 0.1) is 0 Å². The lowest BCUT2D eigenvalue weighted by molar-refractivity contribution is 1.07. The molecular formula is C53H33N5S. The summed E-state index contributed by atoms with van der Waals surface area (Å²) in [6, 6.07) is 69.4. The molecule has 3 heterocycles. The molecule has 0 atom stereocenters. The lowest BCUT2D eigenvalue weighted by atomic mass is 9.96. The fourth-order valence-electron chi connectivity index (χ4n) is 7.75. The standard InChI is InChI=1S/C53H33N5S/c1-4-15-34(16-5-1)39-23-14-24-41(30-39)47-49-48(45-25-12-13-26-46(45)59-49)55-52(54-47)43-31-42(40-28-27-35-17-10-11-22-38(35)29-40)32-44(33-43)53-57-50(36-18-6-2-7-19-36)56-51(58-53)37-20-8-3-9-21-37/h1-33H. The number of thiophene rings is 1. The van der Waals surface area contributed by atoms with E-state index < -0.39 is 0 Å². The van der Waals surface area contributed by atoms with Gasteiger partial charge in [-0.2, -0.15) is 0 Å². The fourth-order valence-corrected chi connectivity index (χ4v) is 8.91. The Morgan fingerprint density at radius 3 is 1.47 bits per heavy atom. The maximum Gasteiger partial charge on any atom is 0.164 e. The number of fused-ring (bicyclic) bond motifs is 4. The van der Waals surface area contributed by atoms with Crippen LogP contribution in [0.25, 0.3) is 110 Å². The summed E-state index contributed by atoms with van der Waals surface area (Å²) in [6.07, 6.45) is 0. The van der Waals surface area contributed by atoms with E-state index in [1.54, 1.807) is 11.3 Å². The molecule has 0 radical (unpaired) electrons. The molecular weight excluding hydrogens is 739 g/mol. The molecule has 11 rings (SSSR count). The third kappa shape index (κ3) is 6.61. The second-order valence-corrected chi connectivity index (χ2v) is 15.6. The topological polar surface area (TPSA) is 64.5 Å². The zero-order valence-corrected chi connectivity index (χ0v) is 32.5. The van der Waals surface area contributed by atoms with Gasteiger partial charge in [-0.15, -0.1) is 11.3 Å². The molecule has 59 heavy (non-hydrogen) atoms. The molecule has 0 bridgehead atoms. The highest BCUT2D eigenvalue weighted by Gasteiger charge is 2.20. The molecule has 5 nitrogen and oxygen atoms in total. The maximum absolute atomic E-state index is 5.47. The molecule has 0 unspecified atom stereocenters. The monoisotopic (exact) mass is 771 g/mol. The van der Waals surface area contributed by atoms with E-state index in [-0.39, 0.29) is 0 Å². The molecule has 0 fully saturated rings. The van der Waals surface area contributed by atoms with Gasteiger partial charge in [0.2, 0.25) is 0 Å². The van der Waals surface area contributed by atoms with Gasteiger partial charge in [0, 0.05) is 37.9 Å². The lowest BCUT2D eigenvalue weighted by Crippen LogP contribution is -2.01. The van der Waals surface area contributed by atoms with Crippen molar-refractivity contribution >= 4 is 42.4 Å². The van der Waals surface area contributed by atoms with Gasteiger partial charge in [0.25, 0.3) is 0 Å². The normalized spacial score (nSPS) is 11.4. The highest BCUT2D eigenvalue weighted by molar-refractivity contribution is 7.26. The second kappa shape index (κ2) is 14.7. The summed E-state index contributed by atoms with van der Waals surface area (Å²) in [6.45, 7) is 0. The Hall–Kier alpha value is -7.67. The Morgan fingerprint density at radius 2 is 0.780 bits per heavy atom. The third-order valence-electron chi connectivity index (χ3n) is 10.7. The Labute approximate surface area is 345 Å². The van der Waals surface area contributed by atoms with E-state index in [1.165, 1.54) is 10.1 Å². The molecule has 8 aromatic carbocycles. The summed E-state index contributed by atoms with van der Waals surface area (Å²) < 4.78 is 2.23. The van der Waals surface area contributed by atoms with Crippen LogP contribution >= 0.6 is 11.3 Å². The summed E-state index contributed by atoms with van der Waals surface area (Å²) in [5, 5.41) is 3.46. The van der Waals surface area contributed by atoms with Crippen molar-refractivity contribution in [1.82, 2.24) is 24.9 Å².